The number of hydrogen-bond acceptors (Lipinski definition) is 1. The van der Waals surface area contributed by atoms with E-state index in [1.165, 1.54) is 40.4 Å². The molecule has 0 aromatic heterocycles. The summed E-state index contributed by atoms with van der Waals surface area (Å²) in [4.78, 5) is 0. The lowest BCUT2D eigenvalue weighted by atomic mass is 9.90. The Morgan fingerprint density at radius 1 is 1.22 bits per heavy atom. The number of rotatable bonds is 3. The van der Waals surface area contributed by atoms with Crippen molar-refractivity contribution in [3.05, 3.63) is 41.5 Å². The normalized spacial score (nSPS) is 23.2. The minimum Gasteiger partial charge on any atom is -0.371 e. The summed E-state index contributed by atoms with van der Waals surface area (Å²) < 4.78 is 7.47. The van der Waals surface area contributed by atoms with Crippen LogP contribution in [0.4, 0.5) is 0 Å². The molecule has 1 atom stereocenters. The summed E-state index contributed by atoms with van der Waals surface area (Å²) in [5.74, 6) is 0. The van der Waals surface area contributed by atoms with Gasteiger partial charge < -0.3 is 4.74 Å². The molecular weight excluding hydrogens is 335 g/mol. The van der Waals surface area contributed by atoms with Crippen molar-refractivity contribution in [2.45, 2.75) is 51.7 Å². The molecule has 1 aromatic carbocycles. The molecule has 0 radical (unpaired) electrons. The number of halogens is 1. The van der Waals surface area contributed by atoms with Crippen LogP contribution in [0.3, 0.4) is 0 Å². The maximum absolute atomic E-state index is 6.08. The highest BCUT2D eigenvalue weighted by Gasteiger charge is 2.23. The van der Waals surface area contributed by atoms with Gasteiger partial charge in [0.1, 0.15) is 0 Å². The highest BCUT2D eigenvalue weighted by molar-refractivity contribution is 14.1. The zero-order valence-electron chi connectivity index (χ0n) is 11.2. The maximum atomic E-state index is 6.08. The van der Waals surface area contributed by atoms with Crippen LogP contribution in [0.5, 0.6) is 0 Å². The zero-order chi connectivity index (χ0) is 13.0. The van der Waals surface area contributed by atoms with Gasteiger partial charge in [-0.15, -0.1) is 0 Å². The molecule has 1 fully saturated rings. The summed E-state index contributed by atoms with van der Waals surface area (Å²) in [7, 11) is 0. The number of benzene rings is 1. The second-order valence-electron chi connectivity index (χ2n) is 5.12. The molecule has 0 heterocycles. The molecule has 98 valence electrons. The smallest absolute Gasteiger partial charge is 0.0801 e. The van der Waals surface area contributed by atoms with Gasteiger partial charge in [-0.05, 0) is 66.8 Å². The first kappa shape index (κ1) is 14.1. The second-order valence-corrected chi connectivity index (χ2v) is 6.20. The Morgan fingerprint density at radius 2 is 1.94 bits per heavy atom. The van der Waals surface area contributed by atoms with E-state index in [9.17, 15) is 0 Å². The van der Waals surface area contributed by atoms with Crippen LogP contribution in [0, 0.1) is 0 Å². The third-order valence-electron chi connectivity index (χ3n) is 3.30. The van der Waals surface area contributed by atoms with E-state index in [0.29, 0.717) is 12.2 Å². The molecule has 0 amide bonds. The summed E-state index contributed by atoms with van der Waals surface area (Å²) >= 11 is 2.49. The average molecular weight is 356 g/mol. The molecule has 0 aliphatic heterocycles. The van der Waals surface area contributed by atoms with Crippen molar-refractivity contribution in [3.63, 3.8) is 0 Å². The van der Waals surface area contributed by atoms with Gasteiger partial charge in [0.05, 0.1) is 12.2 Å². The lowest BCUT2D eigenvalue weighted by Gasteiger charge is -2.28. The van der Waals surface area contributed by atoms with Crippen LogP contribution in [0.1, 0.15) is 45.1 Å². The fourth-order valence-electron chi connectivity index (χ4n) is 2.48. The zero-order valence-corrected chi connectivity index (χ0v) is 13.3. The van der Waals surface area contributed by atoms with Crippen LogP contribution in [0.2, 0.25) is 0 Å². The molecule has 2 rings (SSSR count). The second kappa shape index (κ2) is 6.71. The van der Waals surface area contributed by atoms with Crippen LogP contribution < -0.4 is 0 Å². The van der Waals surface area contributed by atoms with E-state index in [1.807, 2.05) is 0 Å². The standard InChI is InChI=1S/C16H21IO/c1-12(2)18-15-11-7-6-10-14(15)16(17)13-8-4-3-5-9-13/h3-5,8-9,12,15H,6-7,10-11H2,1-2H3/b16-14-. The summed E-state index contributed by atoms with van der Waals surface area (Å²) in [6.07, 6.45) is 5.58. The Balaban J connectivity index is 2.26. The van der Waals surface area contributed by atoms with Gasteiger partial charge >= 0.3 is 0 Å². The molecule has 0 N–H and O–H groups in total. The van der Waals surface area contributed by atoms with Gasteiger partial charge in [-0.3, -0.25) is 0 Å². The summed E-state index contributed by atoms with van der Waals surface area (Å²) in [6, 6.07) is 10.7. The first-order valence-corrected chi connectivity index (χ1v) is 7.85. The first-order valence-electron chi connectivity index (χ1n) is 6.78. The van der Waals surface area contributed by atoms with Crippen LogP contribution in [-0.2, 0) is 4.74 Å². The van der Waals surface area contributed by atoms with Gasteiger partial charge in [0.2, 0.25) is 0 Å². The van der Waals surface area contributed by atoms with E-state index in [4.69, 9.17) is 4.74 Å². The van der Waals surface area contributed by atoms with E-state index in [2.05, 4.69) is 66.8 Å². The Kier molecular flexibility index (Phi) is 5.25. The molecule has 18 heavy (non-hydrogen) atoms. The van der Waals surface area contributed by atoms with Gasteiger partial charge in [-0.25, -0.2) is 0 Å². The molecule has 0 bridgehead atoms. The molecule has 0 spiro atoms. The minimum atomic E-state index is 0.308. The first-order chi connectivity index (χ1) is 8.68. The van der Waals surface area contributed by atoms with Crippen LogP contribution in [0.25, 0.3) is 3.58 Å². The Labute approximate surface area is 124 Å². The molecule has 1 nitrogen and oxygen atoms in total. The third kappa shape index (κ3) is 3.58. The van der Waals surface area contributed by atoms with Gasteiger partial charge in [0.15, 0.2) is 0 Å². The largest absolute Gasteiger partial charge is 0.371 e. The summed E-state index contributed by atoms with van der Waals surface area (Å²) in [5.41, 5.74) is 2.83. The molecular formula is C16H21IO. The molecule has 2 heteroatoms. The minimum absolute atomic E-state index is 0.308. The van der Waals surface area contributed by atoms with Gasteiger partial charge in [0, 0.05) is 3.58 Å². The number of ether oxygens (including phenoxy) is 1. The molecule has 1 saturated carbocycles. The van der Waals surface area contributed by atoms with Crippen LogP contribution in [-0.4, -0.2) is 12.2 Å². The Hall–Kier alpha value is -0.350. The van der Waals surface area contributed by atoms with Gasteiger partial charge in [-0.1, -0.05) is 36.8 Å². The van der Waals surface area contributed by atoms with Crippen molar-refractivity contribution in [2.24, 2.45) is 0 Å². The predicted octanol–water partition coefficient (Wildman–Crippen LogP) is 5.20. The highest BCUT2D eigenvalue weighted by atomic mass is 127. The molecule has 1 aromatic rings. The topological polar surface area (TPSA) is 9.23 Å². The predicted molar refractivity (Wildman–Crippen MR) is 85.9 cm³/mol. The third-order valence-corrected chi connectivity index (χ3v) is 4.61. The average Bonchev–Trinajstić information content (AvgIpc) is 2.39. The number of hydrogen-bond donors (Lipinski definition) is 0. The van der Waals surface area contributed by atoms with Crippen molar-refractivity contribution in [2.75, 3.05) is 0 Å². The molecule has 0 saturated heterocycles. The van der Waals surface area contributed by atoms with Crippen LogP contribution >= 0.6 is 22.6 Å². The lowest BCUT2D eigenvalue weighted by molar-refractivity contribution is 0.0164. The van der Waals surface area contributed by atoms with Crippen LogP contribution in [0.15, 0.2) is 35.9 Å². The Morgan fingerprint density at radius 3 is 2.61 bits per heavy atom. The van der Waals surface area contributed by atoms with Gasteiger partial charge in [0.25, 0.3) is 0 Å². The van der Waals surface area contributed by atoms with Gasteiger partial charge in [-0.2, -0.15) is 0 Å². The highest BCUT2D eigenvalue weighted by Crippen LogP contribution is 2.36. The van der Waals surface area contributed by atoms with E-state index in [0.717, 1.165) is 0 Å². The monoisotopic (exact) mass is 356 g/mol. The van der Waals surface area contributed by atoms with Crippen molar-refractivity contribution in [1.82, 2.24) is 0 Å². The maximum Gasteiger partial charge on any atom is 0.0801 e. The quantitative estimate of drug-likeness (QED) is 0.677. The van der Waals surface area contributed by atoms with Crippen molar-refractivity contribution in [1.29, 1.82) is 0 Å². The molecule has 1 unspecified atom stereocenters. The Bertz CT molecular complexity index is 408. The van der Waals surface area contributed by atoms with Crippen molar-refractivity contribution >= 4 is 26.2 Å². The molecule has 1 aliphatic carbocycles. The van der Waals surface area contributed by atoms with E-state index < -0.39 is 0 Å². The summed E-state index contributed by atoms with van der Waals surface area (Å²) in [5, 5.41) is 0. The fourth-order valence-corrected chi connectivity index (χ4v) is 3.46. The van der Waals surface area contributed by atoms with E-state index >= 15 is 0 Å². The SMILES string of the molecule is CC(C)OC1CCCC/C1=C(/I)c1ccccc1. The lowest BCUT2D eigenvalue weighted by Crippen LogP contribution is -2.23. The fraction of sp³-hybridized carbons (Fsp3) is 0.500. The molecule has 1 aliphatic rings. The van der Waals surface area contributed by atoms with E-state index in [-0.39, 0.29) is 0 Å². The summed E-state index contributed by atoms with van der Waals surface area (Å²) in [6.45, 7) is 4.25. The van der Waals surface area contributed by atoms with Crippen molar-refractivity contribution < 1.29 is 4.74 Å². The van der Waals surface area contributed by atoms with E-state index in [1.54, 1.807) is 0 Å². The van der Waals surface area contributed by atoms with Crippen molar-refractivity contribution in [3.8, 4) is 0 Å².